The van der Waals surface area contributed by atoms with E-state index in [0.717, 1.165) is 128 Å². The monoisotopic (exact) mass is 946 g/mol. The quantitative estimate of drug-likeness (QED) is 0.0420. The lowest BCUT2D eigenvalue weighted by atomic mass is 10.1. The minimum absolute atomic E-state index is 0.106. The van der Waals surface area contributed by atoms with E-state index < -0.39 is 12.1 Å². The molecule has 0 aliphatic heterocycles. The van der Waals surface area contributed by atoms with Gasteiger partial charge in [0.25, 0.3) is 0 Å². The zero-order valence-electron chi connectivity index (χ0n) is 44.3. The summed E-state index contributed by atoms with van der Waals surface area (Å²) in [5.41, 5.74) is 0. The van der Waals surface area contributed by atoms with Crippen molar-refractivity contribution in [2.45, 2.75) is 225 Å². The van der Waals surface area contributed by atoms with Crippen molar-refractivity contribution >= 4 is 5.91 Å². The first-order valence-corrected chi connectivity index (χ1v) is 27.8. The molecular weight excluding hydrogens is 843 g/mol. The maximum absolute atomic E-state index is 12.4. The van der Waals surface area contributed by atoms with Gasteiger partial charge in [-0.25, -0.2) is 0 Å². The van der Waals surface area contributed by atoms with Gasteiger partial charge in [0.05, 0.1) is 18.8 Å². The van der Waals surface area contributed by atoms with Crippen LogP contribution in [0, 0.1) is 0 Å². The molecule has 386 valence electrons. The first-order valence-electron chi connectivity index (χ1n) is 27.8. The highest BCUT2D eigenvalue weighted by molar-refractivity contribution is 5.76. The van der Waals surface area contributed by atoms with Gasteiger partial charge in [-0.2, -0.15) is 0 Å². The Balaban J connectivity index is 3.74. The Labute approximate surface area is 426 Å². The summed E-state index contributed by atoms with van der Waals surface area (Å²) in [6.07, 6.45) is 95.0. The molecule has 2 atom stereocenters. The van der Waals surface area contributed by atoms with Crippen molar-refractivity contribution in [2.75, 3.05) is 6.61 Å². The first kappa shape index (κ1) is 64.8. The molecule has 4 nitrogen and oxygen atoms in total. The number of hydrogen-bond acceptors (Lipinski definition) is 3. The summed E-state index contributed by atoms with van der Waals surface area (Å²) in [5, 5.41) is 23.0. The van der Waals surface area contributed by atoms with Gasteiger partial charge < -0.3 is 15.5 Å². The van der Waals surface area contributed by atoms with Crippen LogP contribution in [-0.4, -0.2) is 34.9 Å². The highest BCUT2D eigenvalue weighted by Crippen LogP contribution is 2.12. The zero-order chi connectivity index (χ0) is 49.9. The molecule has 3 N–H and O–H groups in total. The molecule has 0 heterocycles. The number of hydrogen-bond donors (Lipinski definition) is 3. The van der Waals surface area contributed by atoms with Crippen LogP contribution < -0.4 is 5.32 Å². The summed E-state index contributed by atoms with van der Waals surface area (Å²) in [4.78, 5) is 12.4. The van der Waals surface area contributed by atoms with E-state index in [4.69, 9.17) is 0 Å². The van der Waals surface area contributed by atoms with E-state index in [-0.39, 0.29) is 12.5 Å². The fourth-order valence-corrected chi connectivity index (χ4v) is 7.23. The summed E-state index contributed by atoms with van der Waals surface area (Å²) in [5.74, 6) is -0.106. The van der Waals surface area contributed by atoms with E-state index >= 15 is 0 Å². The fourth-order valence-electron chi connectivity index (χ4n) is 7.23. The lowest BCUT2D eigenvalue weighted by Gasteiger charge is -2.19. The third-order valence-electron chi connectivity index (χ3n) is 11.4. The van der Waals surface area contributed by atoms with Crippen LogP contribution in [0.3, 0.4) is 0 Å². The molecule has 0 aliphatic carbocycles. The summed E-state index contributed by atoms with van der Waals surface area (Å²) in [6, 6.07) is -0.665. The predicted molar refractivity (Wildman–Crippen MR) is 307 cm³/mol. The van der Waals surface area contributed by atoms with Gasteiger partial charge in [-0.15, -0.1) is 0 Å². The van der Waals surface area contributed by atoms with Crippen LogP contribution in [0.5, 0.6) is 0 Å². The Bertz CT molecular complexity index is 1540. The SMILES string of the molecule is CC/C=C\C/C=C\C/C=C\C/C=C\C/C=C\C/C=C\C/C=C\C/C=C\C/C=C\C/C=C\C/C=C\C/C=C\CCCCCCC(=O)NC(CO)C(O)/C=C/CC/C=C/CCCCCCCCCCCC. The van der Waals surface area contributed by atoms with E-state index in [1.54, 1.807) is 6.08 Å². The van der Waals surface area contributed by atoms with Crippen molar-refractivity contribution in [3.8, 4) is 0 Å². The van der Waals surface area contributed by atoms with Crippen LogP contribution in [0.25, 0.3) is 0 Å². The maximum atomic E-state index is 12.4. The zero-order valence-corrected chi connectivity index (χ0v) is 44.3. The summed E-state index contributed by atoms with van der Waals surface area (Å²) in [6.45, 7) is 4.16. The van der Waals surface area contributed by atoms with Gasteiger partial charge in [0.1, 0.15) is 0 Å². The molecule has 0 aromatic rings. The third-order valence-corrected chi connectivity index (χ3v) is 11.4. The molecule has 0 saturated heterocycles. The molecule has 1 amide bonds. The average Bonchev–Trinajstić information content (AvgIpc) is 3.35. The Hall–Kier alpha value is -4.25. The molecule has 0 aromatic heterocycles. The van der Waals surface area contributed by atoms with E-state index in [2.05, 4.69) is 177 Å². The normalized spacial score (nSPS) is 14.2. The molecule has 0 aromatic carbocycles. The number of carbonyl (C=O) groups excluding carboxylic acids is 1. The van der Waals surface area contributed by atoms with Gasteiger partial charge in [-0.1, -0.05) is 255 Å². The number of allylic oxidation sites excluding steroid dienone is 27. The minimum atomic E-state index is -0.885. The molecule has 4 heteroatoms. The maximum Gasteiger partial charge on any atom is 0.220 e. The number of aliphatic hydroxyl groups is 2. The number of nitrogens with one attached hydrogen (secondary N) is 1. The van der Waals surface area contributed by atoms with Gasteiger partial charge in [-0.3, -0.25) is 4.79 Å². The van der Waals surface area contributed by atoms with Gasteiger partial charge in [0.15, 0.2) is 0 Å². The second-order valence-corrected chi connectivity index (χ2v) is 17.9. The lowest BCUT2D eigenvalue weighted by molar-refractivity contribution is -0.123. The smallest absolute Gasteiger partial charge is 0.220 e. The number of carbonyl (C=O) groups is 1. The van der Waals surface area contributed by atoms with Gasteiger partial charge in [0, 0.05) is 6.42 Å². The molecule has 0 bridgehead atoms. The molecular formula is C65H103NO3. The molecule has 0 radical (unpaired) electrons. The number of aliphatic hydroxyl groups excluding tert-OH is 2. The van der Waals surface area contributed by atoms with E-state index in [1.807, 2.05) is 6.08 Å². The summed E-state index contributed by atoms with van der Waals surface area (Å²) < 4.78 is 0. The first-order chi connectivity index (χ1) is 34.2. The van der Waals surface area contributed by atoms with Gasteiger partial charge in [-0.05, 0) is 122 Å². The van der Waals surface area contributed by atoms with Gasteiger partial charge in [0.2, 0.25) is 5.91 Å². The molecule has 0 rings (SSSR count). The van der Waals surface area contributed by atoms with Crippen LogP contribution in [-0.2, 0) is 4.79 Å². The molecule has 2 unspecified atom stereocenters. The number of rotatable bonds is 48. The molecule has 0 spiro atoms. The molecule has 0 aliphatic rings. The minimum Gasteiger partial charge on any atom is -0.394 e. The van der Waals surface area contributed by atoms with Crippen molar-refractivity contribution in [1.82, 2.24) is 5.32 Å². The Morgan fingerprint density at radius 3 is 1.01 bits per heavy atom. The van der Waals surface area contributed by atoms with Crippen molar-refractivity contribution in [2.24, 2.45) is 0 Å². The van der Waals surface area contributed by atoms with E-state index in [9.17, 15) is 15.0 Å². The molecule has 0 fully saturated rings. The summed E-state index contributed by atoms with van der Waals surface area (Å²) in [7, 11) is 0. The van der Waals surface area contributed by atoms with Crippen LogP contribution in [0.15, 0.2) is 170 Å². The summed E-state index contributed by atoms with van der Waals surface area (Å²) >= 11 is 0. The second-order valence-electron chi connectivity index (χ2n) is 17.9. The van der Waals surface area contributed by atoms with E-state index in [1.165, 1.54) is 64.2 Å². The standard InChI is InChI=1S/C65H103NO3/c1-3-5-7-9-11-13-15-17-19-21-22-23-24-25-26-27-28-29-30-31-32-33-34-35-36-37-38-39-40-41-42-43-44-45-47-49-51-53-55-57-59-61-65(69)66-63(62-67)64(68)60-58-56-54-52-50-48-46-20-18-16-14-12-10-8-6-4-2/h5,7,11,13,17,19,22-23,25-26,28-29,31-32,34-35,37-38,40-41,43-44,47,49-50,52,58,60,63-64,67-68H,3-4,6,8-10,12,14-16,18,20-21,24,27,30,33,36,39,42,45-46,48,51,53-57,59,61-62H2,1-2H3,(H,66,69)/b7-5-,13-11-,19-17-,23-22-,26-25-,29-28-,32-31-,35-34-,38-37-,41-40-,44-43-,49-47-,52-50+,60-58+. The highest BCUT2D eigenvalue weighted by atomic mass is 16.3. The van der Waals surface area contributed by atoms with Crippen LogP contribution in [0.1, 0.15) is 213 Å². The third kappa shape index (κ3) is 54.6. The fraction of sp³-hybridized carbons (Fsp3) is 0.554. The van der Waals surface area contributed by atoms with Gasteiger partial charge >= 0.3 is 0 Å². The topological polar surface area (TPSA) is 69.6 Å². The predicted octanol–water partition coefficient (Wildman–Crippen LogP) is 18.7. The van der Waals surface area contributed by atoms with Crippen molar-refractivity contribution in [3.63, 3.8) is 0 Å². The Kier molecular flexibility index (Phi) is 54.5. The Morgan fingerprint density at radius 1 is 0.362 bits per heavy atom. The Morgan fingerprint density at radius 2 is 0.652 bits per heavy atom. The lowest BCUT2D eigenvalue weighted by Crippen LogP contribution is -2.45. The highest BCUT2D eigenvalue weighted by Gasteiger charge is 2.17. The van der Waals surface area contributed by atoms with Crippen molar-refractivity contribution in [3.05, 3.63) is 170 Å². The van der Waals surface area contributed by atoms with Crippen LogP contribution in [0.2, 0.25) is 0 Å². The van der Waals surface area contributed by atoms with Crippen LogP contribution >= 0.6 is 0 Å². The molecule has 69 heavy (non-hydrogen) atoms. The second kappa shape index (κ2) is 58.1. The number of amides is 1. The number of unbranched alkanes of at least 4 members (excludes halogenated alkanes) is 15. The van der Waals surface area contributed by atoms with Crippen LogP contribution in [0.4, 0.5) is 0 Å². The molecule has 0 saturated carbocycles. The van der Waals surface area contributed by atoms with Crippen molar-refractivity contribution < 1.29 is 15.0 Å². The average molecular weight is 947 g/mol. The largest absolute Gasteiger partial charge is 0.394 e. The van der Waals surface area contributed by atoms with E-state index in [0.29, 0.717) is 6.42 Å². The van der Waals surface area contributed by atoms with Crippen molar-refractivity contribution in [1.29, 1.82) is 0 Å².